The number of nitrogens with one attached hydrogen (secondary N) is 1. The Morgan fingerprint density at radius 1 is 1.30 bits per heavy atom. The fourth-order valence-corrected chi connectivity index (χ4v) is 1.81. The highest BCUT2D eigenvalue weighted by Gasteiger charge is 2.13. The van der Waals surface area contributed by atoms with E-state index in [4.69, 9.17) is 4.52 Å². The smallest absolute Gasteiger partial charge is 0.258 e. The largest absolute Gasteiger partial charge is 0.336 e. The molecule has 0 aliphatic heterocycles. The van der Waals surface area contributed by atoms with E-state index in [-0.39, 0.29) is 5.91 Å². The molecule has 0 spiro atoms. The van der Waals surface area contributed by atoms with E-state index in [2.05, 4.69) is 25.4 Å². The van der Waals surface area contributed by atoms with E-state index in [0.717, 1.165) is 11.1 Å². The van der Waals surface area contributed by atoms with Crippen molar-refractivity contribution in [3.63, 3.8) is 0 Å². The van der Waals surface area contributed by atoms with Gasteiger partial charge >= 0.3 is 0 Å². The maximum absolute atomic E-state index is 12.1. The maximum atomic E-state index is 12.1. The number of carbonyl (C=O) groups excluding carboxylic acids is 1. The summed E-state index contributed by atoms with van der Waals surface area (Å²) < 4.78 is 5.08. The van der Waals surface area contributed by atoms with Gasteiger partial charge in [0.05, 0.1) is 22.8 Å². The molecule has 7 heteroatoms. The van der Waals surface area contributed by atoms with Gasteiger partial charge in [-0.25, -0.2) is 9.97 Å². The molecule has 3 aromatic rings. The zero-order valence-electron chi connectivity index (χ0n) is 10.7. The number of nitrogens with zero attached hydrogens (tertiary/aromatic N) is 4. The molecule has 0 aliphatic rings. The highest BCUT2D eigenvalue weighted by atomic mass is 16.5. The number of carbonyl (C=O) groups is 1. The number of anilines is 1. The van der Waals surface area contributed by atoms with Gasteiger partial charge in [0.25, 0.3) is 11.6 Å². The summed E-state index contributed by atoms with van der Waals surface area (Å²) in [6.07, 6.45) is 6.67. The van der Waals surface area contributed by atoms with Crippen molar-refractivity contribution in [3.8, 4) is 0 Å². The van der Waals surface area contributed by atoms with Crippen LogP contribution in [0.3, 0.4) is 0 Å². The maximum Gasteiger partial charge on any atom is 0.258 e. The van der Waals surface area contributed by atoms with Crippen LogP contribution >= 0.6 is 0 Å². The van der Waals surface area contributed by atoms with Crippen molar-refractivity contribution >= 4 is 22.8 Å². The summed E-state index contributed by atoms with van der Waals surface area (Å²) in [5.74, 6) is 0.0850. The fraction of sp³-hybridized carbons (Fsp3) is 0.154. The standard InChI is InChI=1S/C13H11N5O2/c1-2-10-9-5-8(6-16-13(9)20-18-10)12(19)17-11-7-14-3-4-15-11/h3-7H,2H2,1H3,(H,15,17,19). The lowest BCUT2D eigenvalue weighted by Crippen LogP contribution is -2.13. The molecule has 0 bridgehead atoms. The third-order valence-corrected chi connectivity index (χ3v) is 2.81. The van der Waals surface area contributed by atoms with Crippen molar-refractivity contribution in [2.45, 2.75) is 13.3 Å². The summed E-state index contributed by atoms with van der Waals surface area (Å²) in [5, 5.41) is 7.31. The van der Waals surface area contributed by atoms with Gasteiger partial charge in [-0.3, -0.25) is 9.78 Å². The van der Waals surface area contributed by atoms with Crippen LogP contribution in [0, 0.1) is 0 Å². The molecular weight excluding hydrogens is 258 g/mol. The minimum absolute atomic E-state index is 0.303. The predicted molar refractivity (Wildman–Crippen MR) is 71.2 cm³/mol. The van der Waals surface area contributed by atoms with E-state index >= 15 is 0 Å². The van der Waals surface area contributed by atoms with E-state index in [9.17, 15) is 4.79 Å². The molecule has 20 heavy (non-hydrogen) atoms. The van der Waals surface area contributed by atoms with Crippen LogP contribution in [0.5, 0.6) is 0 Å². The molecule has 0 saturated heterocycles. The zero-order valence-corrected chi connectivity index (χ0v) is 10.7. The Labute approximate surface area is 114 Å². The van der Waals surface area contributed by atoms with E-state index in [1.807, 2.05) is 6.92 Å². The molecule has 0 aliphatic carbocycles. The van der Waals surface area contributed by atoms with Crippen LogP contribution in [0.25, 0.3) is 11.1 Å². The molecule has 0 aromatic carbocycles. The van der Waals surface area contributed by atoms with Crippen LogP contribution < -0.4 is 5.32 Å². The zero-order chi connectivity index (χ0) is 13.9. The molecule has 3 aromatic heterocycles. The van der Waals surface area contributed by atoms with Crippen LogP contribution in [0.2, 0.25) is 0 Å². The monoisotopic (exact) mass is 269 g/mol. The van der Waals surface area contributed by atoms with Crippen molar-refractivity contribution in [1.82, 2.24) is 20.1 Å². The van der Waals surface area contributed by atoms with Crippen molar-refractivity contribution in [2.75, 3.05) is 5.32 Å². The molecule has 3 heterocycles. The number of fused-ring (bicyclic) bond motifs is 1. The summed E-state index contributed by atoms with van der Waals surface area (Å²) >= 11 is 0. The quantitative estimate of drug-likeness (QED) is 0.779. The number of rotatable bonds is 3. The van der Waals surface area contributed by atoms with Crippen LogP contribution in [0.4, 0.5) is 5.82 Å². The number of aromatic nitrogens is 4. The first-order chi connectivity index (χ1) is 9.78. The Balaban J connectivity index is 1.91. The number of hydrogen-bond donors (Lipinski definition) is 1. The number of amides is 1. The van der Waals surface area contributed by atoms with Gasteiger partial charge in [0.2, 0.25) is 0 Å². The van der Waals surface area contributed by atoms with Gasteiger partial charge < -0.3 is 9.84 Å². The normalized spacial score (nSPS) is 10.7. The molecule has 1 N–H and O–H groups in total. The van der Waals surface area contributed by atoms with E-state index in [0.29, 0.717) is 23.5 Å². The van der Waals surface area contributed by atoms with Crippen LogP contribution in [-0.2, 0) is 6.42 Å². The first kappa shape index (κ1) is 12.2. The number of hydrogen-bond acceptors (Lipinski definition) is 6. The summed E-state index contributed by atoms with van der Waals surface area (Å²) in [7, 11) is 0. The third kappa shape index (κ3) is 2.20. The van der Waals surface area contributed by atoms with Gasteiger partial charge in [0, 0.05) is 18.6 Å². The highest BCUT2D eigenvalue weighted by molar-refractivity contribution is 6.05. The lowest BCUT2D eigenvalue weighted by molar-refractivity contribution is 0.102. The van der Waals surface area contributed by atoms with Gasteiger partial charge in [-0.05, 0) is 12.5 Å². The van der Waals surface area contributed by atoms with Crippen LogP contribution in [0.1, 0.15) is 23.0 Å². The highest BCUT2D eigenvalue weighted by Crippen LogP contribution is 2.18. The van der Waals surface area contributed by atoms with E-state index < -0.39 is 0 Å². The lowest BCUT2D eigenvalue weighted by atomic mass is 10.1. The van der Waals surface area contributed by atoms with E-state index in [1.54, 1.807) is 6.07 Å². The Morgan fingerprint density at radius 2 is 2.20 bits per heavy atom. The molecule has 0 fully saturated rings. The topological polar surface area (TPSA) is 93.8 Å². The second-order valence-electron chi connectivity index (χ2n) is 4.10. The molecular formula is C13H11N5O2. The molecule has 7 nitrogen and oxygen atoms in total. The minimum atomic E-state index is -0.303. The van der Waals surface area contributed by atoms with Gasteiger partial charge in [0.1, 0.15) is 0 Å². The molecule has 100 valence electrons. The molecule has 1 amide bonds. The van der Waals surface area contributed by atoms with Crippen LogP contribution in [0.15, 0.2) is 35.4 Å². The minimum Gasteiger partial charge on any atom is -0.336 e. The second-order valence-corrected chi connectivity index (χ2v) is 4.10. The SMILES string of the molecule is CCc1noc2ncc(C(=O)Nc3cnccn3)cc12. The molecule has 0 atom stereocenters. The third-order valence-electron chi connectivity index (χ3n) is 2.81. The van der Waals surface area contributed by atoms with Gasteiger partial charge in [-0.1, -0.05) is 12.1 Å². The van der Waals surface area contributed by atoms with Crippen LogP contribution in [-0.4, -0.2) is 26.0 Å². The Kier molecular flexibility index (Phi) is 3.08. The van der Waals surface area contributed by atoms with Gasteiger partial charge in [0.15, 0.2) is 5.82 Å². The lowest BCUT2D eigenvalue weighted by Gasteiger charge is -2.03. The first-order valence-electron chi connectivity index (χ1n) is 6.09. The summed E-state index contributed by atoms with van der Waals surface area (Å²) in [4.78, 5) is 24.1. The summed E-state index contributed by atoms with van der Waals surface area (Å²) in [6.45, 7) is 1.96. The second kappa shape index (κ2) is 5.04. The average molecular weight is 269 g/mol. The molecule has 3 rings (SSSR count). The average Bonchev–Trinajstić information content (AvgIpc) is 2.90. The van der Waals surface area contributed by atoms with Crippen molar-refractivity contribution in [2.24, 2.45) is 0 Å². The molecule has 0 unspecified atom stereocenters. The first-order valence-corrected chi connectivity index (χ1v) is 6.09. The molecule has 0 saturated carbocycles. The fourth-order valence-electron chi connectivity index (χ4n) is 1.81. The molecule has 0 radical (unpaired) electrons. The Hall–Kier alpha value is -2.83. The number of aryl methyl sites for hydroxylation is 1. The van der Waals surface area contributed by atoms with Crippen molar-refractivity contribution < 1.29 is 9.32 Å². The van der Waals surface area contributed by atoms with Crippen molar-refractivity contribution in [1.29, 1.82) is 0 Å². The number of pyridine rings is 1. The predicted octanol–water partition coefficient (Wildman–Crippen LogP) is 1.83. The Bertz CT molecular complexity index is 754. The van der Waals surface area contributed by atoms with Gasteiger partial charge in [-0.2, -0.15) is 0 Å². The summed E-state index contributed by atoms with van der Waals surface area (Å²) in [5.41, 5.74) is 1.63. The van der Waals surface area contributed by atoms with Crippen molar-refractivity contribution in [3.05, 3.63) is 42.1 Å². The van der Waals surface area contributed by atoms with E-state index in [1.165, 1.54) is 24.8 Å². The van der Waals surface area contributed by atoms with Gasteiger partial charge in [-0.15, -0.1) is 0 Å². The summed E-state index contributed by atoms with van der Waals surface area (Å²) in [6, 6.07) is 1.71. The Morgan fingerprint density at radius 3 is 2.95 bits per heavy atom.